The molecule has 1 N–H and O–H groups in total. The molecule has 0 aromatic heterocycles. The predicted molar refractivity (Wildman–Crippen MR) is 66.8 cm³/mol. The number of rotatable bonds is 3. The number of hydrogen-bond donors (Lipinski definition) is 1. The first-order valence-electron chi connectivity index (χ1n) is 6.79. The molecule has 2 aliphatic rings. The van der Waals surface area contributed by atoms with Crippen LogP contribution in [0.25, 0.3) is 0 Å². The highest BCUT2D eigenvalue weighted by Crippen LogP contribution is 2.34. The lowest BCUT2D eigenvalue weighted by molar-refractivity contribution is -0.149. The minimum atomic E-state index is -0.139. The predicted octanol–water partition coefficient (Wildman–Crippen LogP) is 1.01. The summed E-state index contributed by atoms with van der Waals surface area (Å²) in [6, 6.07) is 0.227. The van der Waals surface area contributed by atoms with E-state index >= 15 is 0 Å². The summed E-state index contributed by atoms with van der Waals surface area (Å²) in [5.41, 5.74) is -0.139. The van der Waals surface area contributed by atoms with E-state index in [9.17, 15) is 4.79 Å². The van der Waals surface area contributed by atoms with Gasteiger partial charge in [-0.25, -0.2) is 0 Å². The molecule has 0 radical (unpaired) electrons. The van der Waals surface area contributed by atoms with Crippen LogP contribution in [0.3, 0.4) is 0 Å². The molecule has 0 aliphatic carbocycles. The topological polar surface area (TPSA) is 41.6 Å². The van der Waals surface area contributed by atoms with Crippen LogP contribution in [0.15, 0.2) is 0 Å². The summed E-state index contributed by atoms with van der Waals surface area (Å²) in [6.45, 7) is 8.20. The zero-order chi connectivity index (χ0) is 12.3. The van der Waals surface area contributed by atoms with Crippen LogP contribution < -0.4 is 5.32 Å². The average molecular weight is 240 g/mol. The van der Waals surface area contributed by atoms with Crippen LogP contribution in [-0.4, -0.2) is 49.7 Å². The molecule has 2 atom stereocenters. The smallest absolute Gasteiger partial charge is 0.230 e. The molecule has 0 saturated carbocycles. The van der Waals surface area contributed by atoms with Crippen molar-refractivity contribution in [3.63, 3.8) is 0 Å². The quantitative estimate of drug-likeness (QED) is 0.800. The minimum absolute atomic E-state index is 0.139. The molecule has 98 valence electrons. The fraction of sp³-hybridized carbons (Fsp3) is 0.923. The molecule has 0 bridgehead atoms. The average Bonchev–Trinajstić information content (AvgIpc) is 2.79. The van der Waals surface area contributed by atoms with Gasteiger partial charge in [0.1, 0.15) is 0 Å². The maximum atomic E-state index is 12.8. The fourth-order valence-electron chi connectivity index (χ4n) is 3.06. The van der Waals surface area contributed by atoms with Gasteiger partial charge >= 0.3 is 0 Å². The second-order valence-corrected chi connectivity index (χ2v) is 5.38. The van der Waals surface area contributed by atoms with Crippen molar-refractivity contribution in [1.82, 2.24) is 10.2 Å². The largest absolute Gasteiger partial charge is 0.377 e. The van der Waals surface area contributed by atoms with E-state index < -0.39 is 0 Å². The van der Waals surface area contributed by atoms with Gasteiger partial charge in [0.2, 0.25) is 5.91 Å². The number of ether oxygens (including phenoxy) is 1. The zero-order valence-corrected chi connectivity index (χ0v) is 11.0. The summed E-state index contributed by atoms with van der Waals surface area (Å²) in [5.74, 6) is 0.347. The lowest BCUT2D eigenvalue weighted by Gasteiger charge is -2.39. The number of carbonyl (C=O) groups is 1. The minimum Gasteiger partial charge on any atom is -0.377 e. The van der Waals surface area contributed by atoms with E-state index in [1.165, 1.54) is 0 Å². The molecule has 17 heavy (non-hydrogen) atoms. The highest BCUT2D eigenvalue weighted by atomic mass is 16.5. The van der Waals surface area contributed by atoms with Gasteiger partial charge in [0.15, 0.2) is 0 Å². The maximum Gasteiger partial charge on any atom is 0.230 e. The third kappa shape index (κ3) is 2.47. The zero-order valence-electron chi connectivity index (χ0n) is 11.0. The monoisotopic (exact) mass is 240 g/mol. The van der Waals surface area contributed by atoms with E-state index in [1.54, 1.807) is 0 Å². The van der Waals surface area contributed by atoms with Crippen molar-refractivity contribution in [2.75, 3.05) is 32.8 Å². The third-order valence-corrected chi connectivity index (χ3v) is 4.05. The molecule has 2 unspecified atom stereocenters. The summed E-state index contributed by atoms with van der Waals surface area (Å²) < 4.78 is 5.41. The summed E-state index contributed by atoms with van der Waals surface area (Å²) in [6.07, 6.45) is 3.07. The van der Waals surface area contributed by atoms with Crippen molar-refractivity contribution in [3.8, 4) is 0 Å². The number of hydrogen-bond acceptors (Lipinski definition) is 3. The Kier molecular flexibility index (Phi) is 4.05. The van der Waals surface area contributed by atoms with Crippen LogP contribution >= 0.6 is 0 Å². The van der Waals surface area contributed by atoms with Crippen LogP contribution in [-0.2, 0) is 9.53 Å². The second-order valence-electron chi connectivity index (χ2n) is 5.38. The highest BCUT2D eigenvalue weighted by molar-refractivity contribution is 5.83. The normalized spacial score (nSPS) is 34.0. The number of nitrogens with zero attached hydrogens (tertiary/aromatic N) is 1. The van der Waals surface area contributed by atoms with E-state index in [4.69, 9.17) is 4.74 Å². The van der Waals surface area contributed by atoms with Crippen LogP contribution in [0.5, 0.6) is 0 Å². The van der Waals surface area contributed by atoms with Crippen LogP contribution in [0.1, 0.15) is 33.1 Å². The summed E-state index contributed by atoms with van der Waals surface area (Å²) in [7, 11) is 0. The Bertz CT molecular complexity index is 275. The Morgan fingerprint density at radius 2 is 2.41 bits per heavy atom. The number of amides is 1. The molecule has 0 aromatic carbocycles. The Morgan fingerprint density at radius 1 is 1.59 bits per heavy atom. The van der Waals surface area contributed by atoms with Crippen molar-refractivity contribution < 1.29 is 9.53 Å². The molecule has 2 heterocycles. The number of carbonyl (C=O) groups excluding carboxylic acids is 1. The van der Waals surface area contributed by atoms with Gasteiger partial charge in [-0.3, -0.25) is 4.79 Å². The van der Waals surface area contributed by atoms with Gasteiger partial charge in [0.25, 0.3) is 0 Å². The van der Waals surface area contributed by atoms with Crippen molar-refractivity contribution in [3.05, 3.63) is 0 Å². The molecular weight excluding hydrogens is 216 g/mol. The lowest BCUT2D eigenvalue weighted by atomic mass is 9.80. The maximum absolute atomic E-state index is 12.8. The van der Waals surface area contributed by atoms with Crippen LogP contribution in [0.2, 0.25) is 0 Å². The van der Waals surface area contributed by atoms with Gasteiger partial charge in [0.05, 0.1) is 24.7 Å². The number of nitrogens with one attached hydrogen (secondary N) is 1. The Morgan fingerprint density at radius 3 is 3.00 bits per heavy atom. The van der Waals surface area contributed by atoms with Crippen LogP contribution in [0, 0.1) is 5.41 Å². The van der Waals surface area contributed by atoms with Gasteiger partial charge in [0, 0.05) is 13.1 Å². The van der Waals surface area contributed by atoms with Gasteiger partial charge in [-0.2, -0.15) is 0 Å². The van der Waals surface area contributed by atoms with E-state index in [1.807, 2.05) is 4.90 Å². The number of morpholine rings is 1. The highest BCUT2D eigenvalue weighted by Gasteiger charge is 2.44. The molecule has 2 fully saturated rings. The summed E-state index contributed by atoms with van der Waals surface area (Å²) in [5, 5.41) is 3.35. The molecule has 2 rings (SSSR count). The van der Waals surface area contributed by atoms with Gasteiger partial charge < -0.3 is 15.0 Å². The Labute approximate surface area is 104 Å². The molecule has 0 aromatic rings. The SMILES string of the molecule is CCCC1(C(=O)N2CCOCC2C)CCNC1. The standard InChI is InChI=1S/C13H24N2O2/c1-3-4-13(5-6-14-10-13)12(16)15-7-8-17-9-11(15)2/h11,14H,3-10H2,1-2H3. The Hall–Kier alpha value is -0.610. The molecule has 1 amide bonds. The molecule has 0 spiro atoms. The van der Waals surface area contributed by atoms with Gasteiger partial charge in [-0.15, -0.1) is 0 Å². The first-order chi connectivity index (χ1) is 8.19. The lowest BCUT2D eigenvalue weighted by Crippen LogP contribution is -2.53. The third-order valence-electron chi connectivity index (χ3n) is 4.05. The summed E-state index contributed by atoms with van der Waals surface area (Å²) in [4.78, 5) is 14.8. The van der Waals surface area contributed by atoms with E-state index in [2.05, 4.69) is 19.2 Å². The molecule has 4 heteroatoms. The van der Waals surface area contributed by atoms with Crippen molar-refractivity contribution >= 4 is 5.91 Å². The van der Waals surface area contributed by atoms with Crippen molar-refractivity contribution in [1.29, 1.82) is 0 Å². The second kappa shape index (κ2) is 5.36. The van der Waals surface area contributed by atoms with Gasteiger partial charge in [-0.1, -0.05) is 13.3 Å². The van der Waals surface area contributed by atoms with E-state index in [-0.39, 0.29) is 11.5 Å². The molecular formula is C13H24N2O2. The fourth-order valence-corrected chi connectivity index (χ4v) is 3.06. The molecule has 2 saturated heterocycles. The molecule has 2 aliphatic heterocycles. The van der Waals surface area contributed by atoms with E-state index in [0.717, 1.165) is 38.9 Å². The van der Waals surface area contributed by atoms with Crippen molar-refractivity contribution in [2.45, 2.75) is 39.2 Å². The van der Waals surface area contributed by atoms with Crippen LogP contribution in [0.4, 0.5) is 0 Å². The Balaban J connectivity index is 2.10. The van der Waals surface area contributed by atoms with E-state index in [0.29, 0.717) is 19.1 Å². The van der Waals surface area contributed by atoms with Crippen molar-refractivity contribution in [2.24, 2.45) is 5.41 Å². The summed E-state index contributed by atoms with van der Waals surface area (Å²) >= 11 is 0. The molecule has 4 nitrogen and oxygen atoms in total. The first kappa shape index (κ1) is 12.8. The first-order valence-corrected chi connectivity index (χ1v) is 6.79. The van der Waals surface area contributed by atoms with Gasteiger partial charge in [-0.05, 0) is 26.3 Å².